The number of aromatic nitrogens is 2. The van der Waals surface area contributed by atoms with Gasteiger partial charge in [0.15, 0.2) is 0 Å². The molecule has 146 valence electrons. The molecular formula is C21H29FN4O. The van der Waals surface area contributed by atoms with Gasteiger partial charge in [0.2, 0.25) is 5.91 Å². The molecular weight excluding hydrogens is 343 g/mol. The van der Waals surface area contributed by atoms with Crippen molar-refractivity contribution in [1.29, 1.82) is 0 Å². The average Bonchev–Trinajstić information content (AvgIpc) is 2.99. The molecule has 1 fully saturated rings. The molecule has 1 saturated heterocycles. The zero-order valence-corrected chi connectivity index (χ0v) is 16.2. The van der Waals surface area contributed by atoms with Crippen LogP contribution >= 0.6 is 0 Å². The number of piperidine rings is 1. The topological polar surface area (TPSA) is 50.2 Å². The molecule has 0 unspecified atom stereocenters. The first kappa shape index (κ1) is 19.5. The van der Waals surface area contributed by atoms with E-state index in [1.807, 2.05) is 13.1 Å². The molecule has 0 spiro atoms. The number of benzene rings is 1. The molecule has 27 heavy (non-hydrogen) atoms. The minimum atomic E-state index is -0.228. The summed E-state index contributed by atoms with van der Waals surface area (Å²) in [5.41, 5.74) is 2.09. The zero-order valence-electron chi connectivity index (χ0n) is 16.2. The second-order valence-corrected chi connectivity index (χ2v) is 7.58. The van der Waals surface area contributed by atoms with Gasteiger partial charge in [-0.3, -0.25) is 4.79 Å². The Hall–Kier alpha value is -2.21. The Morgan fingerprint density at radius 3 is 2.67 bits per heavy atom. The lowest BCUT2D eigenvalue weighted by molar-refractivity contribution is -0.122. The summed E-state index contributed by atoms with van der Waals surface area (Å²) in [5.74, 6) is 1.35. The molecule has 1 aromatic carbocycles. The molecule has 6 heteroatoms. The van der Waals surface area contributed by atoms with Crippen LogP contribution < -0.4 is 5.32 Å². The number of likely N-dealkylation sites (tertiary alicyclic amines) is 1. The van der Waals surface area contributed by atoms with E-state index in [9.17, 15) is 9.18 Å². The Balaban J connectivity index is 1.48. The van der Waals surface area contributed by atoms with Gasteiger partial charge in [-0.15, -0.1) is 0 Å². The van der Waals surface area contributed by atoms with Crippen LogP contribution in [0.5, 0.6) is 0 Å². The molecule has 2 heterocycles. The molecule has 0 radical (unpaired) electrons. The summed E-state index contributed by atoms with van der Waals surface area (Å²) in [6, 6.07) is 6.54. The molecule has 1 aliphatic rings. The summed E-state index contributed by atoms with van der Waals surface area (Å²) in [6.07, 6.45) is 5.36. The van der Waals surface area contributed by atoms with Gasteiger partial charge < -0.3 is 14.8 Å². The third kappa shape index (κ3) is 5.63. The van der Waals surface area contributed by atoms with Crippen molar-refractivity contribution in [3.8, 4) is 0 Å². The van der Waals surface area contributed by atoms with Crippen molar-refractivity contribution in [3.63, 3.8) is 0 Å². The molecule has 0 atom stereocenters. The van der Waals surface area contributed by atoms with Gasteiger partial charge >= 0.3 is 0 Å². The number of rotatable bonds is 7. The van der Waals surface area contributed by atoms with E-state index in [1.165, 1.54) is 12.1 Å². The molecule has 1 N–H and O–H groups in total. The molecule has 0 aliphatic carbocycles. The highest BCUT2D eigenvalue weighted by Crippen LogP contribution is 2.19. The van der Waals surface area contributed by atoms with E-state index in [0.29, 0.717) is 31.8 Å². The van der Waals surface area contributed by atoms with E-state index in [2.05, 4.69) is 26.8 Å². The number of carbonyl (C=O) groups excluding carboxylic acids is 1. The maximum atomic E-state index is 13.1. The monoisotopic (exact) mass is 372 g/mol. The molecule has 2 aromatic rings. The van der Waals surface area contributed by atoms with Crippen molar-refractivity contribution in [3.05, 3.63) is 53.4 Å². The van der Waals surface area contributed by atoms with Crippen LogP contribution in [-0.4, -0.2) is 47.0 Å². The van der Waals surface area contributed by atoms with E-state index in [0.717, 1.165) is 43.0 Å². The Morgan fingerprint density at radius 2 is 1.96 bits per heavy atom. The first-order valence-electron chi connectivity index (χ1n) is 9.72. The van der Waals surface area contributed by atoms with Crippen LogP contribution in [0.25, 0.3) is 0 Å². The summed E-state index contributed by atoms with van der Waals surface area (Å²) in [5, 5.41) is 3.04. The summed E-state index contributed by atoms with van der Waals surface area (Å²) in [6.45, 7) is 5.42. The van der Waals surface area contributed by atoms with Crippen LogP contribution in [0.4, 0.5) is 4.39 Å². The normalized spacial score (nSPS) is 15.8. The maximum absolute atomic E-state index is 13.1. The lowest BCUT2D eigenvalue weighted by Crippen LogP contribution is -2.34. The van der Waals surface area contributed by atoms with Crippen LogP contribution in [0, 0.1) is 18.7 Å². The van der Waals surface area contributed by atoms with Crippen LogP contribution in [0.15, 0.2) is 30.5 Å². The van der Waals surface area contributed by atoms with Crippen molar-refractivity contribution in [1.82, 2.24) is 19.8 Å². The van der Waals surface area contributed by atoms with Crippen LogP contribution in [0.2, 0.25) is 0 Å². The first-order chi connectivity index (χ1) is 13.0. The predicted molar refractivity (Wildman–Crippen MR) is 104 cm³/mol. The number of carbonyl (C=O) groups is 1. The van der Waals surface area contributed by atoms with E-state index in [4.69, 9.17) is 0 Å². The van der Waals surface area contributed by atoms with E-state index >= 15 is 0 Å². The molecule has 1 aliphatic heterocycles. The zero-order chi connectivity index (χ0) is 19.2. The smallest absolute Gasteiger partial charge is 0.220 e. The molecule has 5 nitrogen and oxygen atoms in total. The van der Waals surface area contributed by atoms with Crippen LogP contribution in [0.3, 0.4) is 0 Å². The number of aryl methyl sites for hydroxylation is 1. The number of nitrogens with one attached hydrogen (secondary N) is 1. The maximum Gasteiger partial charge on any atom is 0.220 e. The lowest BCUT2D eigenvalue weighted by atomic mass is 9.93. The minimum Gasteiger partial charge on any atom is -0.356 e. The molecule has 1 aromatic heterocycles. The third-order valence-corrected chi connectivity index (χ3v) is 5.37. The summed E-state index contributed by atoms with van der Waals surface area (Å²) >= 11 is 0. The highest BCUT2D eigenvalue weighted by molar-refractivity contribution is 5.76. The van der Waals surface area contributed by atoms with Gasteiger partial charge in [-0.25, -0.2) is 9.37 Å². The van der Waals surface area contributed by atoms with E-state index in [1.54, 1.807) is 12.1 Å². The summed E-state index contributed by atoms with van der Waals surface area (Å²) < 4.78 is 15.2. The van der Waals surface area contributed by atoms with E-state index in [-0.39, 0.29) is 11.7 Å². The quantitative estimate of drug-likeness (QED) is 0.813. The highest BCUT2D eigenvalue weighted by Gasteiger charge is 2.19. The second-order valence-electron chi connectivity index (χ2n) is 7.58. The second kappa shape index (κ2) is 9.13. The Labute approximate surface area is 160 Å². The van der Waals surface area contributed by atoms with Crippen LogP contribution in [-0.2, 0) is 17.8 Å². The fourth-order valence-corrected chi connectivity index (χ4v) is 3.61. The number of hydrogen-bond acceptors (Lipinski definition) is 3. The van der Waals surface area contributed by atoms with Crippen molar-refractivity contribution >= 4 is 5.91 Å². The number of nitrogens with zero attached hydrogens (tertiary/aromatic N) is 3. The van der Waals surface area contributed by atoms with E-state index < -0.39 is 0 Å². The van der Waals surface area contributed by atoms with Gasteiger partial charge in [-0.1, -0.05) is 12.1 Å². The van der Waals surface area contributed by atoms with Gasteiger partial charge in [0.05, 0.1) is 0 Å². The van der Waals surface area contributed by atoms with Crippen molar-refractivity contribution in [2.75, 3.05) is 26.7 Å². The fraction of sp³-hybridized carbons (Fsp3) is 0.524. The number of hydrogen-bond donors (Lipinski definition) is 1. The third-order valence-electron chi connectivity index (χ3n) is 5.37. The van der Waals surface area contributed by atoms with Gasteiger partial charge in [0, 0.05) is 37.8 Å². The molecule has 1 amide bonds. The Morgan fingerprint density at radius 1 is 1.26 bits per heavy atom. The van der Waals surface area contributed by atoms with Gasteiger partial charge in [-0.05, 0) is 63.5 Å². The molecule has 0 saturated carbocycles. The number of imidazole rings is 1. The summed E-state index contributed by atoms with van der Waals surface area (Å²) in [7, 11) is 2.13. The molecule has 0 bridgehead atoms. The SMILES string of the molecule is Cc1cnc(CCNC(=O)CC2CCN(C)CC2)n1Cc1ccc(F)cc1. The summed E-state index contributed by atoms with van der Waals surface area (Å²) in [4.78, 5) is 19.0. The fourth-order valence-electron chi connectivity index (χ4n) is 3.61. The average molecular weight is 372 g/mol. The van der Waals surface area contributed by atoms with Crippen molar-refractivity contribution in [2.45, 2.75) is 39.2 Å². The van der Waals surface area contributed by atoms with Crippen molar-refractivity contribution < 1.29 is 9.18 Å². The van der Waals surface area contributed by atoms with Gasteiger partial charge in [0.1, 0.15) is 11.6 Å². The largest absolute Gasteiger partial charge is 0.356 e. The van der Waals surface area contributed by atoms with Crippen LogP contribution in [0.1, 0.15) is 36.3 Å². The number of amides is 1. The highest BCUT2D eigenvalue weighted by atomic mass is 19.1. The first-order valence-corrected chi connectivity index (χ1v) is 9.72. The lowest BCUT2D eigenvalue weighted by Gasteiger charge is -2.28. The predicted octanol–water partition coefficient (Wildman–Crippen LogP) is 2.77. The minimum absolute atomic E-state index is 0.137. The Kier molecular flexibility index (Phi) is 6.61. The van der Waals surface area contributed by atoms with Gasteiger partial charge in [-0.2, -0.15) is 0 Å². The van der Waals surface area contributed by atoms with Gasteiger partial charge in [0.25, 0.3) is 0 Å². The molecule has 3 rings (SSSR count). The standard InChI is InChI=1S/C21H29FN4O/c1-16-14-24-20(26(16)15-18-3-5-19(22)6-4-18)7-10-23-21(27)13-17-8-11-25(2)12-9-17/h3-6,14,17H,7-13,15H2,1-2H3,(H,23,27). The number of halogens is 1. The Bertz CT molecular complexity index is 748. The van der Waals surface area contributed by atoms with Crippen molar-refractivity contribution in [2.24, 2.45) is 5.92 Å².